The molecule has 0 amide bonds. The first-order chi connectivity index (χ1) is 16.4. The molecule has 1 atom stereocenters. The number of hydrogen-bond acceptors (Lipinski definition) is 4. The van der Waals surface area contributed by atoms with Crippen LogP contribution in [0.25, 0.3) is 0 Å². The average molecular weight is 463 g/mol. The van der Waals surface area contributed by atoms with E-state index in [0.717, 1.165) is 60.5 Å². The van der Waals surface area contributed by atoms with E-state index in [-0.39, 0.29) is 12.4 Å². The van der Waals surface area contributed by atoms with Gasteiger partial charge in [0.1, 0.15) is 24.3 Å². The molecular formula is C29H35FN2O2. The van der Waals surface area contributed by atoms with Gasteiger partial charge in [0.05, 0.1) is 0 Å². The van der Waals surface area contributed by atoms with E-state index in [1.54, 1.807) is 0 Å². The number of aliphatic hydroxyl groups excluding tert-OH is 1. The number of benzene rings is 3. The second-order valence-corrected chi connectivity index (χ2v) is 9.49. The van der Waals surface area contributed by atoms with E-state index in [1.165, 1.54) is 23.3 Å². The zero-order valence-electron chi connectivity index (χ0n) is 20.1. The van der Waals surface area contributed by atoms with Crippen molar-refractivity contribution in [1.82, 2.24) is 4.90 Å². The molecule has 1 aliphatic rings. The van der Waals surface area contributed by atoms with Gasteiger partial charge in [-0.15, -0.1) is 0 Å². The molecule has 4 rings (SSSR count). The van der Waals surface area contributed by atoms with Crippen LogP contribution < -0.4 is 10.5 Å². The summed E-state index contributed by atoms with van der Waals surface area (Å²) in [6, 6.07) is 19.3. The molecular weight excluding hydrogens is 427 g/mol. The number of likely N-dealkylation sites (tertiary alicyclic amines) is 1. The molecule has 3 N–H and O–H groups in total. The van der Waals surface area contributed by atoms with Crippen LogP contribution in [-0.4, -0.2) is 42.4 Å². The minimum absolute atomic E-state index is 0.197. The summed E-state index contributed by atoms with van der Waals surface area (Å²) >= 11 is 0. The van der Waals surface area contributed by atoms with Crippen molar-refractivity contribution in [3.05, 3.63) is 94.3 Å². The number of nitrogen functional groups attached to an aromatic ring is 1. The molecule has 1 saturated heterocycles. The molecule has 1 fully saturated rings. The Morgan fingerprint density at radius 1 is 0.941 bits per heavy atom. The summed E-state index contributed by atoms with van der Waals surface area (Å²) in [6.07, 6.45) is 2.45. The summed E-state index contributed by atoms with van der Waals surface area (Å²) in [6.45, 7) is 6.82. The molecule has 0 bridgehead atoms. The number of nitrogens with two attached hydrogens (primary N) is 1. The smallest absolute Gasteiger partial charge is 0.123 e. The van der Waals surface area contributed by atoms with Gasteiger partial charge in [0.2, 0.25) is 0 Å². The Labute approximate surface area is 202 Å². The van der Waals surface area contributed by atoms with Crippen LogP contribution in [0.1, 0.15) is 46.6 Å². The number of hydrogen-bond donors (Lipinski definition) is 2. The molecule has 0 saturated carbocycles. The summed E-state index contributed by atoms with van der Waals surface area (Å²) in [4.78, 5) is 2.33. The van der Waals surface area contributed by atoms with Gasteiger partial charge in [-0.05, 0) is 104 Å². The lowest BCUT2D eigenvalue weighted by molar-refractivity contribution is 0.0592. The lowest BCUT2D eigenvalue weighted by Gasteiger charge is -2.33. The number of rotatable bonds is 8. The Balaban J connectivity index is 1.22. The second kappa shape index (κ2) is 11.0. The maximum atomic E-state index is 13.1. The van der Waals surface area contributed by atoms with Crippen LogP contribution in [0.2, 0.25) is 0 Å². The lowest BCUT2D eigenvalue weighted by Crippen LogP contribution is -2.40. The van der Waals surface area contributed by atoms with E-state index < -0.39 is 6.10 Å². The van der Waals surface area contributed by atoms with Crippen LogP contribution >= 0.6 is 0 Å². The number of ether oxygens (including phenoxy) is 1. The van der Waals surface area contributed by atoms with Crippen molar-refractivity contribution < 1.29 is 14.2 Å². The highest BCUT2D eigenvalue weighted by molar-refractivity contribution is 5.55. The van der Waals surface area contributed by atoms with Gasteiger partial charge in [0.15, 0.2) is 0 Å². The SMILES string of the molecule is Cc1c(N)ccc(OC[C@@H](O)CN2CCC(c3ccc(Cc4ccc(F)cc4)cc3)CC2)c1C. The van der Waals surface area contributed by atoms with Crippen molar-refractivity contribution in [3.8, 4) is 5.75 Å². The summed E-state index contributed by atoms with van der Waals surface area (Å²) in [5.74, 6) is 1.13. The van der Waals surface area contributed by atoms with Crippen LogP contribution in [-0.2, 0) is 6.42 Å². The zero-order valence-corrected chi connectivity index (χ0v) is 20.1. The summed E-state index contributed by atoms with van der Waals surface area (Å²) < 4.78 is 19.0. The predicted octanol–water partition coefficient (Wildman–Crippen LogP) is 5.23. The minimum atomic E-state index is -0.528. The number of aliphatic hydroxyl groups is 1. The number of nitrogens with zero attached hydrogens (tertiary/aromatic N) is 1. The van der Waals surface area contributed by atoms with E-state index in [1.807, 2.05) is 38.1 Å². The summed E-state index contributed by atoms with van der Waals surface area (Å²) in [5, 5.41) is 10.5. The fourth-order valence-electron chi connectivity index (χ4n) is 4.70. The van der Waals surface area contributed by atoms with Gasteiger partial charge >= 0.3 is 0 Å². The third-order valence-electron chi connectivity index (χ3n) is 7.04. The second-order valence-electron chi connectivity index (χ2n) is 9.49. The Morgan fingerprint density at radius 3 is 2.21 bits per heavy atom. The summed E-state index contributed by atoms with van der Waals surface area (Å²) in [5.41, 5.74) is 12.5. The highest BCUT2D eigenvalue weighted by Crippen LogP contribution is 2.29. The van der Waals surface area contributed by atoms with Gasteiger partial charge in [0.25, 0.3) is 0 Å². The first kappa shape index (κ1) is 24.2. The molecule has 0 spiro atoms. The number of anilines is 1. The van der Waals surface area contributed by atoms with Gasteiger partial charge in [-0.25, -0.2) is 4.39 Å². The van der Waals surface area contributed by atoms with Crippen molar-refractivity contribution in [2.24, 2.45) is 0 Å². The van der Waals surface area contributed by atoms with E-state index in [9.17, 15) is 9.50 Å². The molecule has 0 radical (unpaired) electrons. The number of piperidine rings is 1. The lowest BCUT2D eigenvalue weighted by atomic mass is 9.88. The Morgan fingerprint density at radius 2 is 1.56 bits per heavy atom. The first-order valence-corrected chi connectivity index (χ1v) is 12.1. The van der Waals surface area contributed by atoms with Crippen LogP contribution in [0.15, 0.2) is 60.7 Å². The van der Waals surface area contributed by atoms with Crippen molar-refractivity contribution in [1.29, 1.82) is 0 Å². The predicted molar refractivity (Wildman–Crippen MR) is 136 cm³/mol. The van der Waals surface area contributed by atoms with Crippen molar-refractivity contribution in [2.75, 3.05) is 32.0 Å². The van der Waals surface area contributed by atoms with Crippen LogP contribution in [0.4, 0.5) is 10.1 Å². The van der Waals surface area contributed by atoms with E-state index in [0.29, 0.717) is 12.5 Å². The van der Waals surface area contributed by atoms with Gasteiger partial charge < -0.3 is 20.5 Å². The first-order valence-electron chi connectivity index (χ1n) is 12.1. The minimum Gasteiger partial charge on any atom is -0.491 e. The molecule has 3 aromatic carbocycles. The van der Waals surface area contributed by atoms with Crippen LogP contribution in [0.3, 0.4) is 0 Å². The standard InChI is InChI=1S/C29H35FN2O2/c1-20-21(2)29(12-11-28(20)31)34-19-27(33)18-32-15-13-25(14-16-32)24-7-3-22(4-8-24)17-23-5-9-26(30)10-6-23/h3-12,25,27,33H,13-19,31H2,1-2H3/t27-/m0/s1. The number of halogens is 1. The van der Waals surface area contributed by atoms with Gasteiger partial charge in [-0.2, -0.15) is 0 Å². The third-order valence-corrected chi connectivity index (χ3v) is 7.04. The van der Waals surface area contributed by atoms with Gasteiger partial charge in [-0.1, -0.05) is 36.4 Å². The third kappa shape index (κ3) is 6.16. The molecule has 0 unspecified atom stereocenters. The van der Waals surface area contributed by atoms with Crippen LogP contribution in [0, 0.1) is 19.7 Å². The molecule has 5 heteroatoms. The molecule has 1 heterocycles. The highest BCUT2D eigenvalue weighted by atomic mass is 19.1. The molecule has 4 nitrogen and oxygen atoms in total. The maximum Gasteiger partial charge on any atom is 0.123 e. The topological polar surface area (TPSA) is 58.7 Å². The Kier molecular flexibility index (Phi) is 7.86. The average Bonchev–Trinajstić information content (AvgIpc) is 2.84. The largest absolute Gasteiger partial charge is 0.491 e. The molecule has 1 aliphatic heterocycles. The van der Waals surface area contributed by atoms with E-state index in [4.69, 9.17) is 10.5 Å². The maximum absolute atomic E-state index is 13.1. The van der Waals surface area contributed by atoms with E-state index in [2.05, 4.69) is 29.2 Å². The quantitative estimate of drug-likeness (QED) is 0.450. The molecule has 0 aromatic heterocycles. The Bertz CT molecular complexity index is 1070. The van der Waals surface area contributed by atoms with E-state index >= 15 is 0 Å². The molecule has 0 aliphatic carbocycles. The molecule has 180 valence electrons. The highest BCUT2D eigenvalue weighted by Gasteiger charge is 2.22. The normalized spacial score (nSPS) is 15.9. The zero-order chi connectivity index (χ0) is 24.1. The van der Waals surface area contributed by atoms with Crippen molar-refractivity contribution >= 4 is 5.69 Å². The van der Waals surface area contributed by atoms with Crippen molar-refractivity contribution in [2.45, 2.75) is 45.1 Å². The molecule has 3 aromatic rings. The monoisotopic (exact) mass is 462 g/mol. The molecule has 34 heavy (non-hydrogen) atoms. The summed E-state index contributed by atoms with van der Waals surface area (Å²) in [7, 11) is 0. The van der Waals surface area contributed by atoms with Crippen molar-refractivity contribution in [3.63, 3.8) is 0 Å². The van der Waals surface area contributed by atoms with Crippen LogP contribution in [0.5, 0.6) is 5.75 Å². The number of β-amino-alcohol motifs (C(OH)–C–C–N with tert-alkyl or cyclic N) is 1. The fourth-order valence-corrected chi connectivity index (χ4v) is 4.70. The fraction of sp³-hybridized carbons (Fsp3) is 0.379. The van der Waals surface area contributed by atoms with Gasteiger partial charge in [0, 0.05) is 12.2 Å². The Hall–Kier alpha value is -2.89. The van der Waals surface area contributed by atoms with Gasteiger partial charge in [-0.3, -0.25) is 0 Å².